The number of ether oxygens (including phenoxy) is 1. The summed E-state index contributed by atoms with van der Waals surface area (Å²) in [6.07, 6.45) is 1.19. The van der Waals surface area contributed by atoms with Crippen LogP contribution in [0.4, 0.5) is 0 Å². The zero-order valence-corrected chi connectivity index (χ0v) is 18.6. The monoisotopic (exact) mass is 447 g/mol. The van der Waals surface area contributed by atoms with Crippen LogP contribution in [0.15, 0.2) is 23.1 Å². The number of benzene rings is 1. The van der Waals surface area contributed by atoms with Crippen molar-refractivity contribution in [3.05, 3.63) is 39.8 Å². The molecule has 0 saturated heterocycles. The number of hydrogen-bond donors (Lipinski definition) is 4. The summed E-state index contributed by atoms with van der Waals surface area (Å²) >= 11 is 1.53. The second kappa shape index (κ2) is 8.39. The number of rotatable bonds is 7. The van der Waals surface area contributed by atoms with E-state index in [1.807, 2.05) is 0 Å². The molecule has 3 rings (SSSR count). The van der Waals surface area contributed by atoms with Gasteiger partial charge in [-0.1, -0.05) is 0 Å². The number of carbonyl (C=O) groups is 3. The van der Waals surface area contributed by atoms with Gasteiger partial charge >= 0.3 is 0 Å². The van der Waals surface area contributed by atoms with Gasteiger partial charge in [0.05, 0.1) is 17.7 Å². The lowest BCUT2D eigenvalue weighted by Crippen LogP contribution is -2.41. The Hall–Kier alpha value is -2.78. The summed E-state index contributed by atoms with van der Waals surface area (Å²) in [5.74, 6) is -1.18. The quantitative estimate of drug-likeness (QED) is 0.214. The maximum atomic E-state index is 13.6. The van der Waals surface area contributed by atoms with Crippen LogP contribution in [0, 0.1) is 6.92 Å². The number of ketones is 3. The third-order valence-corrected chi connectivity index (χ3v) is 6.60. The van der Waals surface area contributed by atoms with Crippen LogP contribution < -0.4 is 10.1 Å². The van der Waals surface area contributed by atoms with Crippen molar-refractivity contribution in [2.24, 2.45) is 0 Å². The lowest BCUT2D eigenvalue weighted by atomic mass is 9.70. The van der Waals surface area contributed by atoms with Crippen LogP contribution in [0.5, 0.6) is 17.2 Å². The van der Waals surface area contributed by atoms with E-state index >= 15 is 0 Å². The van der Waals surface area contributed by atoms with E-state index in [1.54, 1.807) is 6.92 Å². The van der Waals surface area contributed by atoms with E-state index in [-0.39, 0.29) is 46.1 Å². The van der Waals surface area contributed by atoms with Crippen molar-refractivity contribution >= 4 is 29.1 Å². The fraction of sp³-hybridized carbons (Fsp3) is 0.409. The summed E-state index contributed by atoms with van der Waals surface area (Å²) in [5.41, 5.74) is -1.18. The maximum Gasteiger partial charge on any atom is 0.194 e. The zero-order chi connectivity index (χ0) is 23.1. The molecule has 9 heteroatoms. The van der Waals surface area contributed by atoms with Crippen molar-refractivity contribution in [1.29, 1.82) is 0 Å². The lowest BCUT2D eigenvalue weighted by molar-refractivity contribution is -0.123. The number of aliphatic hydroxyl groups is 1. The third kappa shape index (κ3) is 3.51. The van der Waals surface area contributed by atoms with Crippen LogP contribution in [0.1, 0.15) is 42.3 Å². The summed E-state index contributed by atoms with van der Waals surface area (Å²) in [6.45, 7) is 6.42. The van der Waals surface area contributed by atoms with Crippen LogP contribution >= 0.6 is 11.8 Å². The molecule has 0 amide bonds. The van der Waals surface area contributed by atoms with E-state index in [0.29, 0.717) is 23.7 Å². The number of aliphatic hydroxyl groups excluding tert-OH is 1. The molecule has 1 aromatic rings. The van der Waals surface area contributed by atoms with Gasteiger partial charge < -0.3 is 25.4 Å². The first-order chi connectivity index (χ1) is 14.6. The van der Waals surface area contributed by atoms with E-state index in [1.165, 1.54) is 38.6 Å². The molecule has 0 unspecified atom stereocenters. The van der Waals surface area contributed by atoms with E-state index in [2.05, 4.69) is 5.32 Å². The van der Waals surface area contributed by atoms with Crippen molar-refractivity contribution in [3.8, 4) is 17.2 Å². The van der Waals surface area contributed by atoms with Crippen LogP contribution in [0.3, 0.4) is 0 Å². The second-order valence-corrected chi connectivity index (χ2v) is 8.87. The number of nitrogens with one attached hydrogen (secondary N) is 1. The molecule has 1 aliphatic heterocycles. The topological polar surface area (TPSA) is 133 Å². The Morgan fingerprint density at radius 2 is 1.87 bits per heavy atom. The number of carbonyl (C=O) groups excluding carboxylic acids is 3. The first-order valence-electron chi connectivity index (χ1n) is 9.79. The molecule has 0 aromatic heterocycles. The molecule has 4 N–H and O–H groups in total. The van der Waals surface area contributed by atoms with Gasteiger partial charge in [-0.15, -0.1) is 0 Å². The maximum absolute atomic E-state index is 13.6. The predicted molar refractivity (Wildman–Crippen MR) is 116 cm³/mol. The summed E-state index contributed by atoms with van der Waals surface area (Å²) in [6, 6.07) is 0. The van der Waals surface area contributed by atoms with Crippen LogP contribution in [-0.4, -0.2) is 57.3 Å². The first-order valence-corrected chi connectivity index (χ1v) is 10.9. The minimum atomic E-state index is -1.51. The smallest absolute Gasteiger partial charge is 0.194 e. The molecule has 8 nitrogen and oxygen atoms in total. The third-order valence-electron chi connectivity index (χ3n) is 5.63. The molecular weight excluding hydrogens is 422 g/mol. The van der Waals surface area contributed by atoms with Crippen LogP contribution in [0.2, 0.25) is 0 Å². The van der Waals surface area contributed by atoms with Gasteiger partial charge in [0.1, 0.15) is 34.0 Å². The minimum absolute atomic E-state index is 0.00958. The second-order valence-electron chi connectivity index (χ2n) is 7.65. The van der Waals surface area contributed by atoms with Gasteiger partial charge in [0.15, 0.2) is 17.3 Å². The summed E-state index contributed by atoms with van der Waals surface area (Å²) in [7, 11) is 0. The average molecular weight is 448 g/mol. The Morgan fingerprint density at radius 3 is 2.48 bits per heavy atom. The SMILES string of the molecule is CC(=O)c1c(O)c(C)c(O)c2c1OC1=CC(=O)/C(=C(/C)NCCSCCO)C(=O)[C@]12C. The number of Topliss-reactive ketones (excluding diaryl/α,β-unsaturated/α-hetero) is 2. The van der Waals surface area contributed by atoms with E-state index < -0.39 is 28.5 Å². The zero-order valence-electron chi connectivity index (χ0n) is 17.8. The Morgan fingerprint density at radius 1 is 1.19 bits per heavy atom. The highest BCUT2D eigenvalue weighted by atomic mass is 32.2. The fourth-order valence-corrected chi connectivity index (χ4v) is 4.51. The molecule has 0 saturated carbocycles. The fourth-order valence-electron chi connectivity index (χ4n) is 3.93. The highest BCUT2D eigenvalue weighted by Gasteiger charge is 2.56. The van der Waals surface area contributed by atoms with Gasteiger partial charge in [0, 0.05) is 35.4 Å². The number of fused-ring (bicyclic) bond motifs is 3. The molecule has 1 atom stereocenters. The molecule has 0 bridgehead atoms. The van der Waals surface area contributed by atoms with Gasteiger partial charge in [0.2, 0.25) is 0 Å². The van der Waals surface area contributed by atoms with E-state index in [9.17, 15) is 24.6 Å². The van der Waals surface area contributed by atoms with Crippen molar-refractivity contribution in [1.82, 2.24) is 5.32 Å². The lowest BCUT2D eigenvalue weighted by Gasteiger charge is -2.29. The van der Waals surface area contributed by atoms with Gasteiger partial charge in [-0.05, 0) is 27.7 Å². The molecular formula is C22H25NO7S. The Labute approximate surface area is 184 Å². The molecule has 31 heavy (non-hydrogen) atoms. The largest absolute Gasteiger partial charge is 0.507 e. The van der Waals surface area contributed by atoms with Gasteiger partial charge in [-0.25, -0.2) is 0 Å². The number of phenols is 2. The highest BCUT2D eigenvalue weighted by Crippen LogP contribution is 2.57. The highest BCUT2D eigenvalue weighted by molar-refractivity contribution is 7.99. The standard InChI is InChI=1S/C22H25NO7S/c1-10-18(27)16(12(3)25)20-17(19(10)28)22(4)14(30-20)9-13(26)15(21(22)29)11(2)23-5-7-31-8-6-24/h9,23-24,27-28H,5-8H2,1-4H3/b15-11+/t22-/m1/s1. The van der Waals surface area contributed by atoms with Gasteiger partial charge in [-0.2, -0.15) is 11.8 Å². The minimum Gasteiger partial charge on any atom is -0.507 e. The molecule has 166 valence electrons. The molecule has 0 radical (unpaired) electrons. The summed E-state index contributed by atoms with van der Waals surface area (Å²) in [4.78, 5) is 38.5. The van der Waals surface area contributed by atoms with E-state index in [0.717, 1.165) is 0 Å². The average Bonchev–Trinajstić information content (AvgIpc) is 2.99. The van der Waals surface area contributed by atoms with Crippen molar-refractivity contribution in [3.63, 3.8) is 0 Å². The molecule has 0 spiro atoms. The molecule has 1 heterocycles. The van der Waals surface area contributed by atoms with Crippen LogP contribution in [-0.2, 0) is 15.0 Å². The van der Waals surface area contributed by atoms with Gasteiger partial charge in [0.25, 0.3) is 0 Å². The Balaban J connectivity index is 2.10. The van der Waals surface area contributed by atoms with Crippen molar-refractivity contribution in [2.45, 2.75) is 33.1 Å². The van der Waals surface area contributed by atoms with Crippen LogP contribution in [0.25, 0.3) is 0 Å². The first kappa shape index (κ1) is 22.9. The summed E-state index contributed by atoms with van der Waals surface area (Å²) < 4.78 is 5.73. The predicted octanol–water partition coefficient (Wildman–Crippen LogP) is 1.88. The van der Waals surface area contributed by atoms with Crippen molar-refractivity contribution < 1.29 is 34.4 Å². The molecule has 2 aliphatic rings. The molecule has 1 aromatic carbocycles. The van der Waals surface area contributed by atoms with Gasteiger partial charge in [-0.3, -0.25) is 14.4 Å². The number of allylic oxidation sites excluding steroid dienone is 4. The molecule has 0 fully saturated rings. The number of hydrogen-bond acceptors (Lipinski definition) is 9. The Bertz CT molecular complexity index is 1060. The van der Waals surface area contributed by atoms with Crippen molar-refractivity contribution in [2.75, 3.05) is 24.7 Å². The normalized spacial score (nSPS) is 21.3. The Kier molecular flexibility index (Phi) is 6.20. The number of phenolic OH excluding ortho intramolecular Hbond substituents is 2. The number of thioether (sulfide) groups is 1. The molecule has 1 aliphatic carbocycles. The van der Waals surface area contributed by atoms with E-state index in [4.69, 9.17) is 9.84 Å². The summed E-state index contributed by atoms with van der Waals surface area (Å²) in [5, 5.41) is 33.1. The number of aromatic hydroxyl groups is 2.